The number of carbonyl (C=O) groups excluding carboxylic acids is 3. The fraction of sp³-hybridized carbons (Fsp3) is 0.375. The van der Waals surface area contributed by atoms with Crippen LogP contribution in [0.1, 0.15) is 37.7 Å². The Bertz CT molecular complexity index is 728. The molecular formula is C24H33N3O4. The lowest BCUT2D eigenvalue weighted by molar-refractivity contribution is -0.152. The summed E-state index contributed by atoms with van der Waals surface area (Å²) in [4.78, 5) is 28.6. The molecule has 1 unspecified atom stereocenters. The van der Waals surface area contributed by atoms with Crippen molar-refractivity contribution in [3.8, 4) is 0 Å². The van der Waals surface area contributed by atoms with Crippen LogP contribution in [0.5, 0.6) is 0 Å². The fourth-order valence-electron chi connectivity index (χ4n) is 3.49. The minimum atomic E-state index is -0.307. The lowest BCUT2D eigenvalue weighted by Crippen LogP contribution is -2.58. The van der Waals surface area contributed by atoms with Crippen LogP contribution in [-0.4, -0.2) is 43.7 Å². The van der Waals surface area contributed by atoms with Crippen LogP contribution in [0.2, 0.25) is 0 Å². The molecule has 0 bridgehead atoms. The molecule has 31 heavy (non-hydrogen) atoms. The predicted molar refractivity (Wildman–Crippen MR) is 122 cm³/mol. The van der Waals surface area contributed by atoms with Crippen LogP contribution in [0.3, 0.4) is 0 Å². The average Bonchev–Trinajstić information content (AvgIpc) is 2.87. The van der Waals surface area contributed by atoms with Gasteiger partial charge in [0, 0.05) is 6.54 Å². The third kappa shape index (κ3) is 8.70. The van der Waals surface area contributed by atoms with Gasteiger partial charge in [0.15, 0.2) is 0 Å². The molecule has 0 spiro atoms. The van der Waals surface area contributed by atoms with Gasteiger partial charge in [-0.05, 0) is 56.2 Å². The third-order valence-corrected chi connectivity index (χ3v) is 4.99. The highest BCUT2D eigenvalue weighted by Crippen LogP contribution is 2.23. The Balaban J connectivity index is 0.00000113. The molecule has 1 aliphatic rings. The number of hydrogen-bond donors (Lipinski definition) is 1. The first kappa shape index (κ1) is 26.0. The molecule has 0 aliphatic carbocycles. The maximum absolute atomic E-state index is 12.6. The number of esters is 1. The van der Waals surface area contributed by atoms with E-state index in [0.717, 1.165) is 50.8 Å². The number of piperidine rings is 1. The molecule has 1 saturated heterocycles. The molecule has 1 aliphatic heterocycles. The van der Waals surface area contributed by atoms with E-state index in [1.807, 2.05) is 55.0 Å². The van der Waals surface area contributed by atoms with E-state index in [1.165, 1.54) is 5.56 Å². The summed E-state index contributed by atoms with van der Waals surface area (Å²) in [6, 6.07) is 19.8. The van der Waals surface area contributed by atoms with Gasteiger partial charge < -0.3 is 14.3 Å². The minimum absolute atomic E-state index is 0.166. The van der Waals surface area contributed by atoms with Crippen molar-refractivity contribution in [3.05, 3.63) is 66.2 Å². The van der Waals surface area contributed by atoms with Crippen molar-refractivity contribution in [1.82, 2.24) is 5.01 Å². The third-order valence-electron chi connectivity index (χ3n) is 4.99. The number of rotatable bonds is 8. The second-order valence-corrected chi connectivity index (χ2v) is 6.96. The van der Waals surface area contributed by atoms with Crippen LogP contribution in [0.15, 0.2) is 60.7 Å². The molecule has 1 fully saturated rings. The zero-order valence-electron chi connectivity index (χ0n) is 18.0. The zero-order valence-corrected chi connectivity index (χ0v) is 18.0. The van der Waals surface area contributed by atoms with Crippen molar-refractivity contribution >= 4 is 25.2 Å². The van der Waals surface area contributed by atoms with E-state index in [9.17, 15) is 4.79 Å². The summed E-state index contributed by atoms with van der Waals surface area (Å²) in [5.41, 5.74) is 2.20. The quantitative estimate of drug-likeness (QED) is 0.299. The molecule has 0 aromatic heterocycles. The molecule has 2 N–H and O–H groups in total. The van der Waals surface area contributed by atoms with Gasteiger partial charge in [0.1, 0.15) is 19.6 Å². The molecule has 1 heterocycles. The molecule has 7 heteroatoms. The number of benzene rings is 2. The van der Waals surface area contributed by atoms with Crippen molar-refractivity contribution in [2.45, 2.75) is 44.6 Å². The highest BCUT2D eigenvalue weighted by molar-refractivity contribution is 5.76. The van der Waals surface area contributed by atoms with Gasteiger partial charge in [0.2, 0.25) is 0 Å². The minimum Gasteiger partial charge on any atom is -0.464 e. The molecule has 0 radical (unpaired) electrons. The first-order chi connectivity index (χ1) is 15.3. The Morgan fingerprint density at radius 1 is 0.968 bits per heavy atom. The van der Waals surface area contributed by atoms with Gasteiger partial charge in [-0.1, -0.05) is 48.5 Å². The number of unbranched alkanes of at least 4 members (excludes halogenated alkanes) is 1. The molecule has 2 aromatic carbocycles. The normalized spacial score (nSPS) is 15.5. The average molecular weight is 428 g/mol. The van der Waals surface area contributed by atoms with E-state index < -0.39 is 0 Å². The number of aryl methyl sites for hydroxylation is 1. The Morgan fingerprint density at radius 3 is 2.23 bits per heavy atom. The van der Waals surface area contributed by atoms with E-state index >= 15 is 0 Å². The monoisotopic (exact) mass is 427 g/mol. The van der Waals surface area contributed by atoms with E-state index in [0.29, 0.717) is 6.61 Å². The molecule has 0 amide bonds. The van der Waals surface area contributed by atoms with E-state index in [2.05, 4.69) is 24.3 Å². The Labute approximate surface area is 184 Å². The summed E-state index contributed by atoms with van der Waals surface area (Å²) in [7, 11) is 0. The van der Waals surface area contributed by atoms with Crippen LogP contribution < -0.4 is 11.0 Å². The number of carbonyl (C=O) groups is 3. The van der Waals surface area contributed by atoms with Gasteiger partial charge in [-0.15, -0.1) is 0 Å². The first-order valence-corrected chi connectivity index (χ1v) is 10.4. The maximum atomic E-state index is 12.6. The number of nitrogens with zero attached hydrogens (tertiary/aromatic N) is 2. The highest BCUT2D eigenvalue weighted by atomic mass is 16.5. The standard InChI is InChI=1S/C22H29N3O2.2CH2O/c23-25(20-14-5-2-6-15-20)24-17-9-7-16-21(24)22(26)27-18-10-8-13-19-11-3-1-4-12-19;2*1-2/h1-6,11-12,14-15,21H,7-10,13,16-18,23H2;2*1H2. The molecule has 168 valence electrons. The van der Waals surface area contributed by atoms with Gasteiger partial charge >= 0.3 is 5.97 Å². The summed E-state index contributed by atoms with van der Waals surface area (Å²) < 4.78 is 5.57. The lowest BCUT2D eigenvalue weighted by Gasteiger charge is -2.40. The first-order valence-electron chi connectivity index (χ1n) is 10.4. The SMILES string of the molecule is C=O.C=O.NN(c1ccccc1)N1CCCCC1C(=O)OCCCCc1ccccc1. The van der Waals surface area contributed by atoms with Crippen molar-refractivity contribution < 1.29 is 19.1 Å². The van der Waals surface area contributed by atoms with Gasteiger partial charge in [-0.25, -0.2) is 11.0 Å². The number of hydrogen-bond acceptors (Lipinski definition) is 7. The van der Waals surface area contributed by atoms with Crippen LogP contribution in [0.25, 0.3) is 0 Å². The van der Waals surface area contributed by atoms with Gasteiger partial charge in [-0.2, -0.15) is 5.01 Å². The lowest BCUT2D eigenvalue weighted by atomic mass is 10.0. The Kier molecular flexibility index (Phi) is 13.2. The van der Waals surface area contributed by atoms with Crippen molar-refractivity contribution in [2.24, 2.45) is 5.84 Å². The van der Waals surface area contributed by atoms with Crippen LogP contribution >= 0.6 is 0 Å². The summed E-state index contributed by atoms with van der Waals surface area (Å²) >= 11 is 0. The topological polar surface area (TPSA) is 92.9 Å². The number of ether oxygens (including phenoxy) is 1. The molecule has 7 nitrogen and oxygen atoms in total. The number of nitrogens with two attached hydrogens (primary N) is 1. The van der Waals surface area contributed by atoms with E-state index in [1.54, 1.807) is 5.12 Å². The van der Waals surface area contributed by atoms with Crippen molar-refractivity contribution in [3.63, 3.8) is 0 Å². The zero-order chi connectivity index (χ0) is 22.9. The van der Waals surface area contributed by atoms with E-state index in [-0.39, 0.29) is 12.0 Å². The summed E-state index contributed by atoms with van der Waals surface area (Å²) in [6.45, 7) is 5.23. The van der Waals surface area contributed by atoms with Crippen molar-refractivity contribution in [2.75, 3.05) is 18.3 Å². The molecule has 0 saturated carbocycles. The molecular weight excluding hydrogens is 394 g/mol. The van der Waals surface area contributed by atoms with Crippen LogP contribution in [0, 0.1) is 0 Å². The largest absolute Gasteiger partial charge is 0.464 e. The maximum Gasteiger partial charge on any atom is 0.325 e. The highest BCUT2D eigenvalue weighted by Gasteiger charge is 2.33. The summed E-state index contributed by atoms with van der Waals surface area (Å²) in [6.07, 6.45) is 5.73. The van der Waals surface area contributed by atoms with E-state index in [4.69, 9.17) is 20.2 Å². The smallest absolute Gasteiger partial charge is 0.325 e. The van der Waals surface area contributed by atoms with Gasteiger partial charge in [0.25, 0.3) is 0 Å². The second-order valence-electron chi connectivity index (χ2n) is 6.96. The predicted octanol–water partition coefficient (Wildman–Crippen LogP) is 3.33. The number of anilines is 1. The van der Waals surface area contributed by atoms with Crippen LogP contribution in [0.4, 0.5) is 5.69 Å². The molecule has 2 aromatic rings. The fourth-order valence-corrected chi connectivity index (χ4v) is 3.49. The Hall–Kier alpha value is -3.03. The van der Waals surface area contributed by atoms with Crippen molar-refractivity contribution in [1.29, 1.82) is 0 Å². The summed E-state index contributed by atoms with van der Waals surface area (Å²) in [5, 5.41) is 3.53. The van der Waals surface area contributed by atoms with Crippen LogP contribution in [-0.2, 0) is 25.5 Å². The summed E-state index contributed by atoms with van der Waals surface area (Å²) in [5.74, 6) is 6.12. The second kappa shape index (κ2) is 15.8. The number of hydrazine groups is 2. The van der Waals surface area contributed by atoms with Gasteiger partial charge in [-0.3, -0.25) is 4.79 Å². The molecule has 1 atom stereocenters. The Morgan fingerprint density at radius 2 is 1.58 bits per heavy atom. The van der Waals surface area contributed by atoms with Gasteiger partial charge in [0.05, 0.1) is 12.3 Å². The number of para-hydroxylation sites is 1. The molecule has 3 rings (SSSR count).